The number of carbonyl (C=O) groups is 2. The topological polar surface area (TPSA) is 61.4 Å². The van der Waals surface area contributed by atoms with Gasteiger partial charge in [-0.05, 0) is 34.6 Å². The zero-order valence-electron chi connectivity index (χ0n) is 16.7. The Morgan fingerprint density at radius 3 is 2.47 bits per heavy atom. The Balaban J connectivity index is 1.41. The van der Waals surface area contributed by atoms with E-state index in [2.05, 4.69) is 10.6 Å². The zero-order valence-corrected chi connectivity index (χ0v) is 17.5. The molecule has 1 saturated heterocycles. The minimum absolute atomic E-state index is 0.191. The third-order valence-electron chi connectivity index (χ3n) is 5.33. The van der Waals surface area contributed by atoms with E-state index in [1.54, 1.807) is 11.3 Å². The molecule has 5 nitrogen and oxygen atoms in total. The molecule has 3 amide bonds. The second-order valence-corrected chi connectivity index (χ2v) is 8.35. The maximum Gasteiger partial charge on any atom is 0.315 e. The van der Waals surface area contributed by atoms with Crippen molar-refractivity contribution in [2.24, 2.45) is 0 Å². The molecule has 1 aliphatic rings. The van der Waals surface area contributed by atoms with Gasteiger partial charge in [-0.1, -0.05) is 60.7 Å². The predicted molar refractivity (Wildman–Crippen MR) is 119 cm³/mol. The van der Waals surface area contributed by atoms with Crippen molar-refractivity contribution in [3.8, 4) is 0 Å². The Bertz CT molecular complexity index is 989. The van der Waals surface area contributed by atoms with Gasteiger partial charge in [-0.15, -0.1) is 11.3 Å². The Kier molecular flexibility index (Phi) is 6.44. The Hall–Kier alpha value is -3.12. The van der Waals surface area contributed by atoms with Crippen molar-refractivity contribution in [2.45, 2.75) is 32.0 Å². The molecule has 0 bridgehead atoms. The molecule has 0 unspecified atom stereocenters. The van der Waals surface area contributed by atoms with Gasteiger partial charge in [0.1, 0.15) is 0 Å². The summed E-state index contributed by atoms with van der Waals surface area (Å²) in [6, 6.07) is 21.5. The van der Waals surface area contributed by atoms with Crippen molar-refractivity contribution in [2.75, 3.05) is 6.54 Å². The first kappa shape index (κ1) is 20.2. The van der Waals surface area contributed by atoms with E-state index in [1.807, 2.05) is 77.0 Å². The second kappa shape index (κ2) is 9.59. The molecule has 1 atom stereocenters. The molecular weight excluding hydrogens is 394 g/mol. The molecule has 0 saturated carbocycles. The SMILES string of the molecule is O=C(NCc1ccccc1CN1CCCC1=O)N[C@@H](c1ccccc1)c1cccs1. The van der Waals surface area contributed by atoms with Gasteiger partial charge in [0.2, 0.25) is 5.91 Å². The summed E-state index contributed by atoms with van der Waals surface area (Å²) in [5, 5.41) is 8.10. The van der Waals surface area contributed by atoms with E-state index in [4.69, 9.17) is 0 Å². The van der Waals surface area contributed by atoms with Crippen molar-refractivity contribution in [1.29, 1.82) is 0 Å². The summed E-state index contributed by atoms with van der Waals surface area (Å²) < 4.78 is 0. The number of likely N-dealkylation sites (tertiary alicyclic amines) is 1. The zero-order chi connectivity index (χ0) is 20.8. The quantitative estimate of drug-likeness (QED) is 0.594. The molecule has 1 aliphatic heterocycles. The molecule has 2 aromatic carbocycles. The number of nitrogens with one attached hydrogen (secondary N) is 2. The van der Waals surface area contributed by atoms with Crippen LogP contribution in [-0.2, 0) is 17.9 Å². The van der Waals surface area contributed by atoms with Crippen molar-refractivity contribution >= 4 is 23.3 Å². The van der Waals surface area contributed by atoms with Crippen LogP contribution < -0.4 is 10.6 Å². The maximum atomic E-state index is 12.7. The van der Waals surface area contributed by atoms with E-state index in [-0.39, 0.29) is 18.0 Å². The number of thiophene rings is 1. The van der Waals surface area contributed by atoms with Crippen LogP contribution in [0.3, 0.4) is 0 Å². The summed E-state index contributed by atoms with van der Waals surface area (Å²) in [5.41, 5.74) is 3.15. The molecule has 6 heteroatoms. The van der Waals surface area contributed by atoms with Gasteiger partial charge >= 0.3 is 6.03 Å². The minimum atomic E-state index is -0.218. The van der Waals surface area contributed by atoms with E-state index in [0.29, 0.717) is 19.5 Å². The van der Waals surface area contributed by atoms with Crippen LogP contribution >= 0.6 is 11.3 Å². The van der Waals surface area contributed by atoms with Crippen LogP contribution in [0.25, 0.3) is 0 Å². The first-order valence-corrected chi connectivity index (χ1v) is 11.1. The van der Waals surface area contributed by atoms with Crippen molar-refractivity contribution in [3.05, 3.63) is 93.7 Å². The number of rotatable bonds is 7. The van der Waals surface area contributed by atoms with E-state index in [9.17, 15) is 9.59 Å². The molecule has 4 rings (SSSR count). The first-order chi connectivity index (χ1) is 14.7. The highest BCUT2D eigenvalue weighted by atomic mass is 32.1. The highest BCUT2D eigenvalue weighted by Gasteiger charge is 2.21. The molecule has 154 valence electrons. The summed E-state index contributed by atoms with van der Waals surface area (Å²) in [4.78, 5) is 27.7. The summed E-state index contributed by atoms with van der Waals surface area (Å²) in [6.07, 6.45) is 1.55. The van der Waals surface area contributed by atoms with Gasteiger partial charge in [0, 0.05) is 30.9 Å². The standard InChI is InChI=1S/C24H25N3O2S/c28-22-13-6-14-27(22)17-20-11-5-4-10-19(20)16-25-24(29)26-23(21-12-7-15-30-21)18-8-2-1-3-9-18/h1-5,7-12,15,23H,6,13-14,16-17H2,(H2,25,26,29)/t23-/m0/s1. The molecule has 2 heterocycles. The lowest BCUT2D eigenvalue weighted by Crippen LogP contribution is -2.38. The van der Waals surface area contributed by atoms with Crippen LogP contribution in [0, 0.1) is 0 Å². The molecule has 1 aromatic heterocycles. The van der Waals surface area contributed by atoms with Gasteiger partial charge in [0.25, 0.3) is 0 Å². The largest absolute Gasteiger partial charge is 0.338 e. The molecule has 0 radical (unpaired) electrons. The van der Waals surface area contributed by atoms with Gasteiger partial charge in [-0.2, -0.15) is 0 Å². The predicted octanol–water partition coefficient (Wildman–Crippen LogP) is 4.46. The van der Waals surface area contributed by atoms with E-state index in [1.165, 1.54) is 0 Å². The first-order valence-electron chi connectivity index (χ1n) is 10.2. The highest BCUT2D eigenvalue weighted by Crippen LogP contribution is 2.26. The van der Waals surface area contributed by atoms with Crippen molar-refractivity contribution in [3.63, 3.8) is 0 Å². The Labute approximate surface area is 180 Å². The Morgan fingerprint density at radius 2 is 1.77 bits per heavy atom. The van der Waals surface area contributed by atoms with Gasteiger partial charge in [0.15, 0.2) is 0 Å². The third-order valence-corrected chi connectivity index (χ3v) is 6.26. The van der Waals surface area contributed by atoms with Crippen molar-refractivity contribution in [1.82, 2.24) is 15.5 Å². The third kappa shape index (κ3) is 4.89. The van der Waals surface area contributed by atoms with E-state index in [0.717, 1.165) is 34.5 Å². The number of benzene rings is 2. The van der Waals surface area contributed by atoms with Gasteiger partial charge in [0.05, 0.1) is 6.04 Å². The minimum Gasteiger partial charge on any atom is -0.338 e. The number of hydrogen-bond donors (Lipinski definition) is 2. The fraction of sp³-hybridized carbons (Fsp3) is 0.250. The average Bonchev–Trinajstić information content (AvgIpc) is 3.44. The molecule has 3 aromatic rings. The van der Waals surface area contributed by atoms with Gasteiger partial charge in [-0.25, -0.2) is 4.79 Å². The number of hydrogen-bond acceptors (Lipinski definition) is 3. The lowest BCUT2D eigenvalue weighted by atomic mass is 10.1. The molecular formula is C24H25N3O2S. The summed E-state index contributed by atoms with van der Waals surface area (Å²) >= 11 is 1.62. The number of carbonyl (C=O) groups excluding carboxylic acids is 2. The normalized spacial score (nSPS) is 14.5. The fourth-order valence-electron chi connectivity index (χ4n) is 3.74. The highest BCUT2D eigenvalue weighted by molar-refractivity contribution is 7.10. The van der Waals surface area contributed by atoms with Crippen LogP contribution in [0.2, 0.25) is 0 Å². The van der Waals surface area contributed by atoms with Crippen LogP contribution in [0.1, 0.15) is 40.5 Å². The molecule has 2 N–H and O–H groups in total. The lowest BCUT2D eigenvalue weighted by molar-refractivity contribution is -0.128. The van der Waals surface area contributed by atoms with E-state index < -0.39 is 0 Å². The molecule has 0 aliphatic carbocycles. The Morgan fingerprint density at radius 1 is 1.00 bits per heavy atom. The lowest BCUT2D eigenvalue weighted by Gasteiger charge is -2.20. The van der Waals surface area contributed by atoms with Crippen LogP contribution in [0.15, 0.2) is 72.1 Å². The summed E-state index contributed by atoms with van der Waals surface area (Å²) in [7, 11) is 0. The smallest absolute Gasteiger partial charge is 0.315 e. The van der Waals surface area contributed by atoms with Crippen molar-refractivity contribution < 1.29 is 9.59 Å². The van der Waals surface area contributed by atoms with E-state index >= 15 is 0 Å². The number of nitrogens with zero attached hydrogens (tertiary/aromatic N) is 1. The molecule has 0 spiro atoms. The second-order valence-electron chi connectivity index (χ2n) is 7.37. The number of amides is 3. The fourth-order valence-corrected chi connectivity index (χ4v) is 4.54. The monoisotopic (exact) mass is 419 g/mol. The summed E-state index contributed by atoms with van der Waals surface area (Å²) in [6.45, 7) is 1.82. The number of urea groups is 1. The maximum absolute atomic E-state index is 12.7. The van der Waals surface area contributed by atoms with Gasteiger partial charge < -0.3 is 15.5 Å². The van der Waals surface area contributed by atoms with Crippen LogP contribution in [0.4, 0.5) is 4.79 Å². The van der Waals surface area contributed by atoms with Crippen LogP contribution in [0.5, 0.6) is 0 Å². The van der Waals surface area contributed by atoms with Gasteiger partial charge in [-0.3, -0.25) is 4.79 Å². The summed E-state index contributed by atoms with van der Waals surface area (Å²) in [5.74, 6) is 0.206. The molecule has 1 fully saturated rings. The molecule has 30 heavy (non-hydrogen) atoms. The van der Waals surface area contributed by atoms with Crippen LogP contribution in [-0.4, -0.2) is 23.4 Å². The average molecular weight is 420 g/mol.